The molecule has 5 heteroatoms. The van der Waals surface area contributed by atoms with Crippen molar-refractivity contribution in [1.82, 2.24) is 0 Å². The zero-order chi connectivity index (χ0) is 12.7. The fourth-order valence-corrected chi connectivity index (χ4v) is 1.41. The van der Waals surface area contributed by atoms with Gasteiger partial charge in [0.15, 0.2) is 6.61 Å². The number of carbonyl (C=O) groups excluding carboxylic acids is 1. The zero-order valence-corrected chi connectivity index (χ0v) is 10.1. The Hall–Kier alpha value is -1.75. The highest BCUT2D eigenvalue weighted by Crippen LogP contribution is 2.17. The Kier molecular flexibility index (Phi) is 5.29. The number of ether oxygens (including phenoxy) is 2. The van der Waals surface area contributed by atoms with Crippen LogP contribution in [0.1, 0.15) is 6.92 Å². The van der Waals surface area contributed by atoms with E-state index in [9.17, 15) is 4.79 Å². The molecule has 0 saturated heterocycles. The molecule has 0 radical (unpaired) electrons. The molecule has 0 aliphatic rings. The van der Waals surface area contributed by atoms with Crippen LogP contribution in [0.15, 0.2) is 24.3 Å². The molecule has 1 amide bonds. The van der Waals surface area contributed by atoms with E-state index in [1.165, 1.54) is 0 Å². The summed E-state index contributed by atoms with van der Waals surface area (Å²) in [7, 11) is 1.66. The van der Waals surface area contributed by atoms with Crippen molar-refractivity contribution in [1.29, 1.82) is 0 Å². The predicted molar refractivity (Wildman–Crippen MR) is 66.1 cm³/mol. The summed E-state index contributed by atoms with van der Waals surface area (Å²) >= 11 is 0. The van der Waals surface area contributed by atoms with Gasteiger partial charge < -0.3 is 20.5 Å². The molecule has 0 aromatic heterocycles. The van der Waals surface area contributed by atoms with Gasteiger partial charge in [0.25, 0.3) is 5.91 Å². The van der Waals surface area contributed by atoms with Gasteiger partial charge in [0.2, 0.25) is 0 Å². The molecular formula is C12H18N2O3. The Bertz CT molecular complexity index is 369. The van der Waals surface area contributed by atoms with E-state index in [1.54, 1.807) is 13.2 Å². The van der Waals surface area contributed by atoms with Crippen molar-refractivity contribution in [3.8, 4) is 5.75 Å². The summed E-state index contributed by atoms with van der Waals surface area (Å²) in [5.74, 6) is 0.120. The van der Waals surface area contributed by atoms with Crippen LogP contribution >= 0.6 is 0 Å². The highest BCUT2D eigenvalue weighted by atomic mass is 16.5. The van der Waals surface area contributed by atoms with Crippen molar-refractivity contribution in [3.05, 3.63) is 24.3 Å². The first kappa shape index (κ1) is 13.3. The summed E-state index contributed by atoms with van der Waals surface area (Å²) < 4.78 is 10.2. The van der Waals surface area contributed by atoms with E-state index < -0.39 is 5.91 Å². The summed E-state index contributed by atoms with van der Waals surface area (Å²) in [6.45, 7) is 2.52. The molecule has 1 aromatic rings. The maximum Gasteiger partial charge on any atom is 0.255 e. The smallest absolute Gasteiger partial charge is 0.255 e. The number of primary amides is 1. The van der Waals surface area contributed by atoms with Crippen molar-refractivity contribution in [3.63, 3.8) is 0 Å². The van der Waals surface area contributed by atoms with Gasteiger partial charge in [-0.15, -0.1) is 0 Å². The van der Waals surface area contributed by atoms with Crippen LogP contribution in [0.5, 0.6) is 5.75 Å². The number of nitrogens with two attached hydrogens (primary N) is 1. The molecule has 0 aliphatic heterocycles. The average Bonchev–Trinajstić information content (AvgIpc) is 2.27. The van der Waals surface area contributed by atoms with Crippen LogP contribution in [0.4, 0.5) is 5.69 Å². The van der Waals surface area contributed by atoms with E-state index in [4.69, 9.17) is 15.2 Å². The molecule has 0 bridgehead atoms. The second-order valence-electron chi connectivity index (χ2n) is 3.78. The summed E-state index contributed by atoms with van der Waals surface area (Å²) in [5.41, 5.74) is 5.92. The molecule has 5 nitrogen and oxygen atoms in total. The molecule has 1 atom stereocenters. The molecule has 1 aromatic carbocycles. The van der Waals surface area contributed by atoms with E-state index in [0.29, 0.717) is 12.4 Å². The minimum Gasteiger partial charge on any atom is -0.484 e. The van der Waals surface area contributed by atoms with Crippen molar-refractivity contribution in [2.24, 2.45) is 5.73 Å². The zero-order valence-electron chi connectivity index (χ0n) is 10.1. The summed E-state index contributed by atoms with van der Waals surface area (Å²) in [6, 6.07) is 7.55. The summed E-state index contributed by atoms with van der Waals surface area (Å²) in [6.07, 6.45) is 0. The second-order valence-corrected chi connectivity index (χ2v) is 3.78. The van der Waals surface area contributed by atoms with Crippen molar-refractivity contribution in [2.75, 3.05) is 25.6 Å². The van der Waals surface area contributed by atoms with E-state index >= 15 is 0 Å². The Labute approximate surface area is 101 Å². The first-order valence-corrected chi connectivity index (χ1v) is 5.38. The minimum atomic E-state index is -0.490. The second kappa shape index (κ2) is 6.75. The van der Waals surface area contributed by atoms with Gasteiger partial charge in [-0.3, -0.25) is 4.79 Å². The number of hydrogen-bond donors (Lipinski definition) is 2. The topological polar surface area (TPSA) is 73.6 Å². The highest BCUT2D eigenvalue weighted by Gasteiger charge is 2.03. The first-order valence-electron chi connectivity index (χ1n) is 5.38. The van der Waals surface area contributed by atoms with Crippen molar-refractivity contribution >= 4 is 11.6 Å². The maximum absolute atomic E-state index is 10.6. The normalized spacial score (nSPS) is 11.9. The Morgan fingerprint density at radius 1 is 1.53 bits per heavy atom. The van der Waals surface area contributed by atoms with Gasteiger partial charge in [0.1, 0.15) is 5.75 Å². The van der Waals surface area contributed by atoms with Gasteiger partial charge in [-0.1, -0.05) is 6.07 Å². The number of anilines is 1. The number of hydrogen-bond acceptors (Lipinski definition) is 4. The Balaban J connectivity index is 2.56. The Morgan fingerprint density at radius 3 is 2.94 bits per heavy atom. The number of rotatable bonds is 7. The van der Waals surface area contributed by atoms with Crippen LogP contribution in [0, 0.1) is 0 Å². The largest absolute Gasteiger partial charge is 0.484 e. The third-order valence-electron chi connectivity index (χ3n) is 2.04. The SMILES string of the molecule is COCC(C)Nc1cccc(OCC(N)=O)c1. The molecule has 0 fully saturated rings. The number of nitrogens with one attached hydrogen (secondary N) is 1. The predicted octanol–water partition coefficient (Wildman–Crippen LogP) is 0.998. The van der Waals surface area contributed by atoms with Gasteiger partial charge in [-0.2, -0.15) is 0 Å². The van der Waals surface area contributed by atoms with Crippen LogP contribution < -0.4 is 15.8 Å². The fraction of sp³-hybridized carbons (Fsp3) is 0.417. The quantitative estimate of drug-likeness (QED) is 0.743. The highest BCUT2D eigenvalue weighted by molar-refractivity contribution is 5.75. The molecule has 3 N–H and O–H groups in total. The lowest BCUT2D eigenvalue weighted by molar-refractivity contribution is -0.119. The molecule has 0 heterocycles. The van der Waals surface area contributed by atoms with E-state index in [2.05, 4.69) is 5.32 Å². The number of carbonyl (C=O) groups is 1. The van der Waals surface area contributed by atoms with Gasteiger partial charge in [-0.05, 0) is 19.1 Å². The lowest BCUT2D eigenvalue weighted by Crippen LogP contribution is -2.21. The lowest BCUT2D eigenvalue weighted by atomic mass is 10.2. The number of amides is 1. The first-order chi connectivity index (χ1) is 8.11. The molecular weight excluding hydrogens is 220 g/mol. The maximum atomic E-state index is 10.6. The van der Waals surface area contributed by atoms with Crippen LogP contribution in [0.2, 0.25) is 0 Å². The molecule has 0 aliphatic carbocycles. The number of methoxy groups -OCH3 is 1. The molecule has 1 unspecified atom stereocenters. The van der Waals surface area contributed by atoms with Gasteiger partial charge in [-0.25, -0.2) is 0 Å². The summed E-state index contributed by atoms with van der Waals surface area (Å²) in [4.78, 5) is 10.6. The number of benzene rings is 1. The van der Waals surface area contributed by atoms with Gasteiger partial charge >= 0.3 is 0 Å². The van der Waals surface area contributed by atoms with Crippen molar-refractivity contribution in [2.45, 2.75) is 13.0 Å². The van der Waals surface area contributed by atoms with Gasteiger partial charge in [0.05, 0.1) is 6.61 Å². The van der Waals surface area contributed by atoms with Crippen molar-refractivity contribution < 1.29 is 14.3 Å². The molecule has 94 valence electrons. The summed E-state index contributed by atoms with van der Waals surface area (Å²) in [5, 5.41) is 3.25. The van der Waals surface area contributed by atoms with E-state index in [-0.39, 0.29) is 12.6 Å². The molecule has 1 rings (SSSR count). The fourth-order valence-electron chi connectivity index (χ4n) is 1.41. The Morgan fingerprint density at radius 2 is 2.29 bits per heavy atom. The molecule has 0 saturated carbocycles. The van der Waals surface area contributed by atoms with Crippen LogP contribution in [-0.4, -0.2) is 32.3 Å². The molecule has 0 spiro atoms. The van der Waals surface area contributed by atoms with E-state index in [1.807, 2.05) is 25.1 Å². The van der Waals surface area contributed by atoms with Crippen LogP contribution in [0.25, 0.3) is 0 Å². The van der Waals surface area contributed by atoms with Gasteiger partial charge in [0, 0.05) is 24.9 Å². The van der Waals surface area contributed by atoms with Crippen LogP contribution in [0.3, 0.4) is 0 Å². The third-order valence-corrected chi connectivity index (χ3v) is 2.04. The monoisotopic (exact) mass is 238 g/mol. The standard InChI is InChI=1S/C12H18N2O3/c1-9(7-16-2)14-10-4-3-5-11(6-10)17-8-12(13)15/h3-6,9,14H,7-8H2,1-2H3,(H2,13,15). The van der Waals surface area contributed by atoms with Crippen LogP contribution in [-0.2, 0) is 9.53 Å². The third kappa shape index (κ3) is 5.21. The van der Waals surface area contributed by atoms with E-state index in [0.717, 1.165) is 5.69 Å². The minimum absolute atomic E-state index is 0.114. The lowest BCUT2D eigenvalue weighted by Gasteiger charge is -2.14. The average molecular weight is 238 g/mol. The molecule has 17 heavy (non-hydrogen) atoms.